The maximum atomic E-state index is 5.97. The van der Waals surface area contributed by atoms with E-state index in [1.54, 1.807) is 7.11 Å². The average molecular weight is 343 g/mol. The second-order valence-electron chi connectivity index (χ2n) is 6.85. The smallest absolute Gasteiger partial charge is 0.118 e. The average Bonchev–Trinajstić information content (AvgIpc) is 2.93. The fraction of sp³-hybridized carbons (Fsp3) is 0.550. The van der Waals surface area contributed by atoms with Gasteiger partial charge in [0.2, 0.25) is 0 Å². The molecule has 2 heterocycles. The van der Waals surface area contributed by atoms with Gasteiger partial charge in [-0.2, -0.15) is 5.10 Å². The summed E-state index contributed by atoms with van der Waals surface area (Å²) in [5.74, 6) is 0.902. The lowest BCUT2D eigenvalue weighted by molar-refractivity contribution is -0.0281. The van der Waals surface area contributed by atoms with Crippen LogP contribution in [0.25, 0.3) is 0 Å². The van der Waals surface area contributed by atoms with E-state index in [9.17, 15) is 0 Å². The molecular weight excluding hydrogens is 314 g/mol. The third-order valence-electron chi connectivity index (χ3n) is 4.79. The molecule has 1 aromatic heterocycles. The number of morpholine rings is 1. The standard InChI is InChI=1S/C20H29N3O2/c1-16-13-17(2)23(21-16)10-4-9-22-11-12-25-20(15-22)14-18-5-7-19(24-3)8-6-18/h5-8,13,20H,4,9-12,14-15H2,1-3H3/t20-/m1/s1. The van der Waals surface area contributed by atoms with Crippen molar-refractivity contribution in [3.63, 3.8) is 0 Å². The Balaban J connectivity index is 1.45. The van der Waals surface area contributed by atoms with Crippen LogP contribution in [0.15, 0.2) is 30.3 Å². The van der Waals surface area contributed by atoms with Gasteiger partial charge < -0.3 is 9.47 Å². The van der Waals surface area contributed by atoms with Gasteiger partial charge in [0.05, 0.1) is 25.5 Å². The first-order valence-corrected chi connectivity index (χ1v) is 9.12. The van der Waals surface area contributed by atoms with Gasteiger partial charge in [-0.05, 0) is 50.5 Å². The van der Waals surface area contributed by atoms with Crippen molar-refractivity contribution >= 4 is 0 Å². The Kier molecular flexibility index (Phi) is 6.10. The number of aromatic nitrogens is 2. The Labute approximate surface area is 150 Å². The molecule has 1 atom stereocenters. The van der Waals surface area contributed by atoms with Crippen molar-refractivity contribution in [2.75, 3.05) is 33.4 Å². The molecule has 0 N–H and O–H groups in total. The largest absolute Gasteiger partial charge is 0.497 e. The summed E-state index contributed by atoms with van der Waals surface area (Å²) in [7, 11) is 1.70. The molecular formula is C20H29N3O2. The number of rotatable bonds is 7. The highest BCUT2D eigenvalue weighted by Crippen LogP contribution is 2.16. The highest BCUT2D eigenvalue weighted by atomic mass is 16.5. The van der Waals surface area contributed by atoms with Crippen LogP contribution in [0.3, 0.4) is 0 Å². The summed E-state index contributed by atoms with van der Waals surface area (Å²) in [6.45, 7) is 9.11. The van der Waals surface area contributed by atoms with Crippen molar-refractivity contribution in [3.8, 4) is 5.75 Å². The maximum Gasteiger partial charge on any atom is 0.118 e. The Hall–Kier alpha value is -1.85. The van der Waals surface area contributed by atoms with Crippen LogP contribution >= 0.6 is 0 Å². The van der Waals surface area contributed by atoms with E-state index in [2.05, 4.69) is 46.7 Å². The molecule has 1 aliphatic heterocycles. The first-order chi connectivity index (χ1) is 12.1. The lowest BCUT2D eigenvalue weighted by atomic mass is 10.1. The molecule has 0 unspecified atom stereocenters. The van der Waals surface area contributed by atoms with Gasteiger partial charge in [0.25, 0.3) is 0 Å². The van der Waals surface area contributed by atoms with Crippen LogP contribution in [0.2, 0.25) is 0 Å². The summed E-state index contributed by atoms with van der Waals surface area (Å²) in [5.41, 5.74) is 3.65. The van der Waals surface area contributed by atoms with E-state index in [1.165, 1.54) is 11.3 Å². The van der Waals surface area contributed by atoms with Gasteiger partial charge in [0, 0.05) is 31.9 Å². The van der Waals surface area contributed by atoms with Gasteiger partial charge in [0.1, 0.15) is 5.75 Å². The van der Waals surface area contributed by atoms with Crippen molar-refractivity contribution in [2.45, 2.75) is 39.3 Å². The monoisotopic (exact) mass is 343 g/mol. The zero-order valence-electron chi connectivity index (χ0n) is 15.6. The normalized spacial score (nSPS) is 18.4. The number of benzene rings is 1. The molecule has 0 saturated carbocycles. The molecule has 0 aliphatic carbocycles. The molecule has 136 valence electrons. The minimum Gasteiger partial charge on any atom is -0.497 e. The quantitative estimate of drug-likeness (QED) is 0.775. The Morgan fingerprint density at radius 1 is 1.20 bits per heavy atom. The minimum absolute atomic E-state index is 0.274. The number of hydrogen-bond acceptors (Lipinski definition) is 4. The van der Waals surface area contributed by atoms with Crippen molar-refractivity contribution < 1.29 is 9.47 Å². The van der Waals surface area contributed by atoms with Crippen LogP contribution in [-0.4, -0.2) is 54.1 Å². The molecule has 0 amide bonds. The van der Waals surface area contributed by atoms with E-state index < -0.39 is 0 Å². The highest BCUT2D eigenvalue weighted by molar-refractivity contribution is 5.27. The van der Waals surface area contributed by atoms with Crippen molar-refractivity contribution in [1.82, 2.24) is 14.7 Å². The fourth-order valence-electron chi connectivity index (χ4n) is 3.48. The molecule has 0 spiro atoms. The zero-order chi connectivity index (χ0) is 17.6. The topological polar surface area (TPSA) is 39.5 Å². The highest BCUT2D eigenvalue weighted by Gasteiger charge is 2.20. The van der Waals surface area contributed by atoms with Crippen LogP contribution in [-0.2, 0) is 17.7 Å². The fourth-order valence-corrected chi connectivity index (χ4v) is 3.48. The summed E-state index contributed by atoms with van der Waals surface area (Å²) < 4.78 is 13.3. The first-order valence-electron chi connectivity index (χ1n) is 9.12. The third kappa shape index (κ3) is 5.06. The number of nitrogens with zero attached hydrogens (tertiary/aromatic N) is 3. The van der Waals surface area contributed by atoms with Gasteiger partial charge in [-0.1, -0.05) is 12.1 Å². The third-order valence-corrected chi connectivity index (χ3v) is 4.79. The van der Waals surface area contributed by atoms with E-state index in [0.29, 0.717) is 0 Å². The molecule has 1 fully saturated rings. The molecule has 1 aliphatic rings. The Morgan fingerprint density at radius 3 is 2.68 bits per heavy atom. The lowest BCUT2D eigenvalue weighted by Crippen LogP contribution is -2.43. The molecule has 1 aromatic carbocycles. The number of aryl methyl sites for hydroxylation is 3. The summed E-state index contributed by atoms with van der Waals surface area (Å²) in [5, 5.41) is 4.54. The molecule has 5 nitrogen and oxygen atoms in total. The van der Waals surface area contributed by atoms with Crippen LogP contribution < -0.4 is 4.74 Å². The van der Waals surface area contributed by atoms with E-state index in [4.69, 9.17) is 9.47 Å². The van der Waals surface area contributed by atoms with Crippen molar-refractivity contribution in [3.05, 3.63) is 47.3 Å². The molecule has 5 heteroatoms. The first kappa shape index (κ1) is 18.0. The van der Waals surface area contributed by atoms with Gasteiger partial charge in [-0.15, -0.1) is 0 Å². The minimum atomic E-state index is 0.274. The van der Waals surface area contributed by atoms with Crippen LogP contribution in [0.1, 0.15) is 23.4 Å². The predicted octanol–water partition coefficient (Wildman–Crippen LogP) is 2.84. The van der Waals surface area contributed by atoms with Crippen molar-refractivity contribution in [1.29, 1.82) is 0 Å². The molecule has 0 bridgehead atoms. The van der Waals surface area contributed by atoms with Gasteiger partial charge in [-0.25, -0.2) is 0 Å². The predicted molar refractivity (Wildman–Crippen MR) is 99.2 cm³/mol. The van der Waals surface area contributed by atoms with Gasteiger partial charge in [0.15, 0.2) is 0 Å². The summed E-state index contributed by atoms with van der Waals surface area (Å²) >= 11 is 0. The molecule has 1 saturated heterocycles. The van der Waals surface area contributed by atoms with Gasteiger partial charge >= 0.3 is 0 Å². The maximum absolute atomic E-state index is 5.97. The van der Waals surface area contributed by atoms with E-state index in [-0.39, 0.29) is 6.10 Å². The van der Waals surface area contributed by atoms with Crippen LogP contribution in [0, 0.1) is 13.8 Å². The summed E-state index contributed by atoms with van der Waals surface area (Å²) in [6.07, 6.45) is 2.35. The molecule has 25 heavy (non-hydrogen) atoms. The Bertz CT molecular complexity index is 666. The van der Waals surface area contributed by atoms with Crippen molar-refractivity contribution in [2.24, 2.45) is 0 Å². The second-order valence-corrected chi connectivity index (χ2v) is 6.85. The number of hydrogen-bond donors (Lipinski definition) is 0. The summed E-state index contributed by atoms with van der Waals surface area (Å²) in [6, 6.07) is 10.4. The number of methoxy groups -OCH3 is 1. The van der Waals surface area contributed by atoms with E-state index >= 15 is 0 Å². The Morgan fingerprint density at radius 2 is 2.00 bits per heavy atom. The number of ether oxygens (including phenoxy) is 2. The van der Waals surface area contributed by atoms with Crippen LogP contribution in [0.4, 0.5) is 0 Å². The molecule has 2 aromatic rings. The van der Waals surface area contributed by atoms with E-state index in [1.807, 2.05) is 12.1 Å². The second kappa shape index (κ2) is 8.50. The molecule has 0 radical (unpaired) electrons. The zero-order valence-corrected chi connectivity index (χ0v) is 15.6. The molecule has 3 rings (SSSR count). The SMILES string of the molecule is COc1ccc(C[C@@H]2CN(CCCn3nc(C)cc3C)CCO2)cc1. The summed E-state index contributed by atoms with van der Waals surface area (Å²) in [4.78, 5) is 2.52. The van der Waals surface area contributed by atoms with Crippen LogP contribution in [0.5, 0.6) is 5.75 Å². The van der Waals surface area contributed by atoms with Gasteiger partial charge in [-0.3, -0.25) is 9.58 Å². The van der Waals surface area contributed by atoms with E-state index in [0.717, 1.165) is 57.1 Å². The lowest BCUT2D eigenvalue weighted by Gasteiger charge is -2.33.